The highest BCUT2D eigenvalue weighted by molar-refractivity contribution is 5.89. The number of benzene rings is 2. The van der Waals surface area contributed by atoms with Crippen LogP contribution in [0.5, 0.6) is 5.75 Å². The average molecular weight is 337 g/mol. The van der Waals surface area contributed by atoms with Crippen LogP contribution < -0.4 is 10.9 Å². The third-order valence-corrected chi connectivity index (χ3v) is 3.98. The summed E-state index contributed by atoms with van der Waals surface area (Å²) < 4.78 is 0. The van der Waals surface area contributed by atoms with Crippen molar-refractivity contribution in [2.45, 2.75) is 19.3 Å². The van der Waals surface area contributed by atoms with Gasteiger partial charge in [0.05, 0.1) is 6.42 Å². The van der Waals surface area contributed by atoms with Gasteiger partial charge in [-0.2, -0.15) is 0 Å². The van der Waals surface area contributed by atoms with Crippen LogP contribution in [0.1, 0.15) is 17.5 Å². The van der Waals surface area contributed by atoms with Crippen molar-refractivity contribution in [1.82, 2.24) is 15.8 Å². The van der Waals surface area contributed by atoms with Crippen molar-refractivity contribution < 1.29 is 14.7 Å². The molecule has 1 heterocycles. The molecule has 0 bridgehead atoms. The zero-order chi connectivity index (χ0) is 17.6. The third kappa shape index (κ3) is 4.17. The van der Waals surface area contributed by atoms with Crippen LogP contribution in [0, 0.1) is 0 Å². The minimum absolute atomic E-state index is 0.165. The molecule has 0 spiro atoms. The monoisotopic (exact) mass is 337 g/mol. The molecule has 0 atom stereocenters. The second-order valence-corrected chi connectivity index (χ2v) is 5.76. The Balaban J connectivity index is 1.47. The normalized spacial score (nSPS) is 10.6. The Morgan fingerprint density at radius 1 is 0.920 bits per heavy atom. The lowest BCUT2D eigenvalue weighted by Crippen LogP contribution is -2.42. The Morgan fingerprint density at radius 3 is 2.48 bits per heavy atom. The van der Waals surface area contributed by atoms with E-state index in [4.69, 9.17) is 0 Å². The van der Waals surface area contributed by atoms with Crippen LogP contribution in [0.3, 0.4) is 0 Å². The van der Waals surface area contributed by atoms with E-state index < -0.39 is 0 Å². The van der Waals surface area contributed by atoms with Gasteiger partial charge in [0, 0.05) is 23.5 Å². The fourth-order valence-electron chi connectivity index (χ4n) is 2.67. The molecule has 2 aromatic carbocycles. The summed E-state index contributed by atoms with van der Waals surface area (Å²) >= 11 is 0. The highest BCUT2D eigenvalue weighted by Gasteiger charge is 2.10. The summed E-state index contributed by atoms with van der Waals surface area (Å²) in [5.74, 6) is -0.435. The van der Waals surface area contributed by atoms with Crippen LogP contribution in [-0.2, 0) is 22.4 Å². The largest absolute Gasteiger partial charge is 0.508 e. The zero-order valence-electron chi connectivity index (χ0n) is 13.6. The van der Waals surface area contributed by atoms with Crippen LogP contribution in [0.4, 0.5) is 0 Å². The number of hydrazine groups is 1. The number of carbonyl (C=O) groups excluding carboxylic acids is 2. The molecule has 0 radical (unpaired) electrons. The number of hydrogen-bond donors (Lipinski definition) is 4. The summed E-state index contributed by atoms with van der Waals surface area (Å²) in [6.45, 7) is 0. The van der Waals surface area contributed by atoms with Crippen molar-refractivity contribution in [3.05, 3.63) is 65.9 Å². The van der Waals surface area contributed by atoms with Crippen LogP contribution in [0.25, 0.3) is 10.9 Å². The molecule has 3 rings (SSSR count). The number of para-hydroxylation sites is 2. The number of carbonyl (C=O) groups is 2. The highest BCUT2D eigenvalue weighted by atomic mass is 16.3. The Hall–Kier alpha value is -3.28. The SMILES string of the molecule is O=C(CCc1ccccc1O)NNC(=O)Cc1c[nH]c2ccccc12. The predicted molar refractivity (Wildman–Crippen MR) is 94.7 cm³/mol. The molecule has 2 amide bonds. The van der Waals surface area contributed by atoms with E-state index in [-0.39, 0.29) is 30.4 Å². The van der Waals surface area contributed by atoms with Crippen molar-refractivity contribution in [3.63, 3.8) is 0 Å². The first-order chi connectivity index (χ1) is 12.1. The molecule has 25 heavy (non-hydrogen) atoms. The first-order valence-corrected chi connectivity index (χ1v) is 8.03. The van der Waals surface area contributed by atoms with Crippen molar-refractivity contribution >= 4 is 22.7 Å². The second kappa shape index (κ2) is 7.53. The van der Waals surface area contributed by atoms with E-state index in [1.807, 2.05) is 24.3 Å². The molecular formula is C19H19N3O3. The molecule has 6 heteroatoms. The summed E-state index contributed by atoms with van der Waals surface area (Å²) in [7, 11) is 0. The standard InChI is InChI=1S/C19H19N3O3/c23-17-8-4-1-5-13(17)9-10-18(24)21-22-19(25)11-14-12-20-16-7-3-2-6-15(14)16/h1-8,12,20,23H,9-11H2,(H,21,24)(H,22,25). The average Bonchev–Trinajstić information content (AvgIpc) is 3.02. The maximum absolute atomic E-state index is 12.0. The van der Waals surface area contributed by atoms with Gasteiger partial charge in [0.2, 0.25) is 11.8 Å². The lowest BCUT2D eigenvalue weighted by molar-refractivity contribution is -0.128. The molecule has 4 N–H and O–H groups in total. The van der Waals surface area contributed by atoms with E-state index in [9.17, 15) is 14.7 Å². The van der Waals surface area contributed by atoms with E-state index in [1.165, 1.54) is 0 Å². The van der Waals surface area contributed by atoms with Crippen molar-refractivity contribution in [1.29, 1.82) is 0 Å². The van der Waals surface area contributed by atoms with E-state index >= 15 is 0 Å². The topological polar surface area (TPSA) is 94.2 Å². The number of phenols is 1. The van der Waals surface area contributed by atoms with Gasteiger partial charge in [-0.3, -0.25) is 20.4 Å². The Kier molecular flexibility index (Phi) is 4.99. The quantitative estimate of drug-likeness (QED) is 0.538. The summed E-state index contributed by atoms with van der Waals surface area (Å²) in [6.07, 6.45) is 2.54. The number of aromatic hydroxyl groups is 1. The van der Waals surface area contributed by atoms with Crippen LogP contribution >= 0.6 is 0 Å². The van der Waals surface area contributed by atoms with E-state index in [1.54, 1.807) is 30.5 Å². The molecule has 0 aliphatic heterocycles. The number of hydrogen-bond acceptors (Lipinski definition) is 3. The number of rotatable bonds is 5. The molecule has 0 saturated carbocycles. The minimum atomic E-state index is -0.310. The molecule has 3 aromatic rings. The molecule has 0 aliphatic rings. The number of aryl methyl sites for hydroxylation is 1. The summed E-state index contributed by atoms with van der Waals surface area (Å²) in [6, 6.07) is 14.6. The van der Waals surface area contributed by atoms with E-state index in [0.29, 0.717) is 12.0 Å². The van der Waals surface area contributed by atoms with Gasteiger partial charge in [0.15, 0.2) is 0 Å². The summed E-state index contributed by atoms with van der Waals surface area (Å²) in [5.41, 5.74) is 7.36. The van der Waals surface area contributed by atoms with E-state index in [2.05, 4.69) is 15.8 Å². The van der Waals surface area contributed by atoms with Crippen LogP contribution in [0.15, 0.2) is 54.7 Å². The lowest BCUT2D eigenvalue weighted by Gasteiger charge is -2.08. The number of fused-ring (bicyclic) bond motifs is 1. The van der Waals surface area contributed by atoms with Crippen LogP contribution in [-0.4, -0.2) is 21.9 Å². The predicted octanol–water partition coefficient (Wildman–Crippen LogP) is 2.20. The lowest BCUT2D eigenvalue weighted by atomic mass is 10.1. The maximum Gasteiger partial charge on any atom is 0.242 e. The third-order valence-electron chi connectivity index (χ3n) is 3.98. The molecule has 1 aromatic heterocycles. The number of aromatic amines is 1. The molecular weight excluding hydrogens is 318 g/mol. The van der Waals surface area contributed by atoms with Gasteiger partial charge < -0.3 is 10.1 Å². The summed E-state index contributed by atoms with van der Waals surface area (Å²) in [4.78, 5) is 27.0. The molecule has 0 aliphatic carbocycles. The van der Waals surface area contributed by atoms with Gasteiger partial charge in [0.1, 0.15) is 5.75 Å². The zero-order valence-corrected chi connectivity index (χ0v) is 13.6. The van der Waals surface area contributed by atoms with Crippen LogP contribution in [0.2, 0.25) is 0 Å². The number of amides is 2. The fourth-order valence-corrected chi connectivity index (χ4v) is 2.67. The molecule has 128 valence electrons. The Bertz CT molecular complexity index is 902. The van der Waals surface area contributed by atoms with Gasteiger partial charge in [-0.25, -0.2) is 0 Å². The number of aromatic nitrogens is 1. The van der Waals surface area contributed by atoms with Crippen molar-refractivity contribution in [2.75, 3.05) is 0 Å². The molecule has 0 fully saturated rings. The van der Waals surface area contributed by atoms with Crippen molar-refractivity contribution in [2.24, 2.45) is 0 Å². The van der Waals surface area contributed by atoms with Gasteiger partial charge in [-0.05, 0) is 29.7 Å². The molecule has 0 saturated heterocycles. The Morgan fingerprint density at radius 2 is 1.64 bits per heavy atom. The van der Waals surface area contributed by atoms with Gasteiger partial charge in [-0.1, -0.05) is 36.4 Å². The number of nitrogens with one attached hydrogen (secondary N) is 3. The van der Waals surface area contributed by atoms with Gasteiger partial charge in [-0.15, -0.1) is 0 Å². The Labute approximate surface area is 144 Å². The van der Waals surface area contributed by atoms with Gasteiger partial charge >= 0.3 is 0 Å². The number of phenolic OH excluding ortho intramolecular Hbond substituents is 1. The maximum atomic E-state index is 12.0. The first-order valence-electron chi connectivity index (χ1n) is 8.03. The highest BCUT2D eigenvalue weighted by Crippen LogP contribution is 2.18. The van der Waals surface area contributed by atoms with Crippen molar-refractivity contribution in [3.8, 4) is 5.75 Å². The fraction of sp³-hybridized carbons (Fsp3) is 0.158. The first kappa shape index (κ1) is 16.6. The van der Waals surface area contributed by atoms with Gasteiger partial charge in [0.25, 0.3) is 0 Å². The smallest absolute Gasteiger partial charge is 0.242 e. The minimum Gasteiger partial charge on any atom is -0.508 e. The second-order valence-electron chi connectivity index (χ2n) is 5.76. The molecule has 6 nitrogen and oxygen atoms in total. The van der Waals surface area contributed by atoms with E-state index in [0.717, 1.165) is 16.5 Å². The number of H-pyrrole nitrogens is 1. The summed E-state index contributed by atoms with van der Waals surface area (Å²) in [5, 5.41) is 10.7. The molecule has 0 unspecified atom stereocenters.